The second-order valence-electron chi connectivity index (χ2n) is 5.15. The van der Waals surface area contributed by atoms with Gasteiger partial charge in [-0.15, -0.1) is 0 Å². The van der Waals surface area contributed by atoms with Crippen LogP contribution in [-0.2, 0) is 0 Å². The van der Waals surface area contributed by atoms with Gasteiger partial charge in [0.25, 0.3) is 0 Å². The molecular formula is C18H10N4O2S. The van der Waals surface area contributed by atoms with Crippen LogP contribution < -0.4 is 4.74 Å². The number of nitrogens with zero attached hydrogens (tertiary/aromatic N) is 4. The first-order valence-electron chi connectivity index (χ1n) is 7.31. The van der Waals surface area contributed by atoms with Gasteiger partial charge in [-0.2, -0.15) is 5.26 Å². The van der Waals surface area contributed by atoms with Gasteiger partial charge in [-0.3, -0.25) is 0 Å². The Hall–Kier alpha value is -3.50. The molecular weight excluding hydrogens is 336 g/mol. The van der Waals surface area contributed by atoms with Crippen molar-refractivity contribution < 1.29 is 9.84 Å². The number of thiazole rings is 1. The van der Waals surface area contributed by atoms with E-state index in [0.717, 1.165) is 20.9 Å². The van der Waals surface area contributed by atoms with E-state index < -0.39 is 0 Å². The van der Waals surface area contributed by atoms with Crippen molar-refractivity contribution in [1.82, 2.24) is 15.0 Å². The maximum Gasteiger partial charge on any atom is 0.147 e. The van der Waals surface area contributed by atoms with Gasteiger partial charge in [0.15, 0.2) is 0 Å². The van der Waals surface area contributed by atoms with Gasteiger partial charge in [-0.05, 0) is 42.5 Å². The van der Waals surface area contributed by atoms with Crippen molar-refractivity contribution in [2.24, 2.45) is 0 Å². The van der Waals surface area contributed by atoms with Gasteiger partial charge < -0.3 is 9.84 Å². The third-order valence-corrected chi connectivity index (χ3v) is 4.51. The largest absolute Gasteiger partial charge is 0.508 e. The lowest BCUT2D eigenvalue weighted by atomic mass is 10.1. The predicted octanol–water partition coefficient (Wildman–Crippen LogP) is 4.12. The van der Waals surface area contributed by atoms with Gasteiger partial charge in [-0.25, -0.2) is 15.0 Å². The van der Waals surface area contributed by atoms with E-state index in [0.29, 0.717) is 17.1 Å². The molecule has 2 heterocycles. The fourth-order valence-corrected chi connectivity index (χ4v) is 3.17. The molecule has 1 N–H and O–H groups in total. The molecule has 6 nitrogen and oxygen atoms in total. The Bertz CT molecular complexity index is 1070. The fraction of sp³-hybridized carbons (Fsp3) is 0. The lowest BCUT2D eigenvalue weighted by molar-refractivity contribution is 0.464. The van der Waals surface area contributed by atoms with Crippen LogP contribution in [0.5, 0.6) is 17.2 Å². The molecule has 2 aromatic carbocycles. The van der Waals surface area contributed by atoms with E-state index in [9.17, 15) is 10.4 Å². The van der Waals surface area contributed by atoms with Crippen LogP contribution in [0.25, 0.3) is 20.9 Å². The Morgan fingerprint density at radius 1 is 1.12 bits per heavy atom. The van der Waals surface area contributed by atoms with E-state index in [1.807, 2.05) is 6.07 Å². The standard InChI is InChI=1S/C18H10N4O2S/c19-8-12-7-11(17-22-15-9-20-10-21-18(15)25-17)1-6-16(12)24-14-4-2-13(23)3-5-14/h1-7,9-10,23H. The molecule has 0 fully saturated rings. The van der Waals surface area contributed by atoms with Crippen molar-refractivity contribution in [1.29, 1.82) is 5.26 Å². The molecule has 0 aliphatic carbocycles. The molecule has 4 aromatic rings. The Morgan fingerprint density at radius 2 is 1.96 bits per heavy atom. The number of hydrogen-bond acceptors (Lipinski definition) is 7. The molecule has 120 valence electrons. The van der Waals surface area contributed by atoms with E-state index in [-0.39, 0.29) is 5.75 Å². The number of fused-ring (bicyclic) bond motifs is 1. The molecule has 0 aliphatic heterocycles. The molecule has 0 saturated heterocycles. The van der Waals surface area contributed by atoms with Gasteiger partial charge in [0, 0.05) is 5.56 Å². The number of rotatable bonds is 3. The minimum Gasteiger partial charge on any atom is -0.508 e. The van der Waals surface area contributed by atoms with Gasteiger partial charge in [0.1, 0.15) is 45.0 Å². The van der Waals surface area contributed by atoms with Crippen molar-refractivity contribution >= 4 is 21.7 Å². The number of ether oxygens (including phenoxy) is 1. The van der Waals surface area contributed by atoms with Gasteiger partial charge in [0.2, 0.25) is 0 Å². The van der Waals surface area contributed by atoms with Crippen LogP contribution in [0.2, 0.25) is 0 Å². The van der Waals surface area contributed by atoms with Crippen molar-refractivity contribution in [2.45, 2.75) is 0 Å². The highest BCUT2D eigenvalue weighted by molar-refractivity contribution is 7.21. The quantitative estimate of drug-likeness (QED) is 0.600. The van der Waals surface area contributed by atoms with Crippen molar-refractivity contribution in [2.75, 3.05) is 0 Å². The lowest BCUT2D eigenvalue weighted by Gasteiger charge is -2.08. The zero-order valence-corrected chi connectivity index (χ0v) is 13.6. The average Bonchev–Trinajstić information content (AvgIpc) is 3.08. The molecule has 0 amide bonds. The minimum absolute atomic E-state index is 0.155. The summed E-state index contributed by atoms with van der Waals surface area (Å²) >= 11 is 1.44. The van der Waals surface area contributed by atoms with Crippen LogP contribution in [0.4, 0.5) is 0 Å². The zero-order chi connectivity index (χ0) is 17.2. The van der Waals surface area contributed by atoms with E-state index in [1.54, 1.807) is 30.5 Å². The maximum absolute atomic E-state index is 9.44. The smallest absolute Gasteiger partial charge is 0.147 e. The average molecular weight is 346 g/mol. The second-order valence-corrected chi connectivity index (χ2v) is 6.13. The summed E-state index contributed by atoms with van der Waals surface area (Å²) in [6.45, 7) is 0. The summed E-state index contributed by atoms with van der Waals surface area (Å²) in [5, 5.41) is 19.5. The monoisotopic (exact) mass is 346 g/mol. The predicted molar refractivity (Wildman–Crippen MR) is 93.5 cm³/mol. The Kier molecular flexibility index (Phi) is 3.72. The van der Waals surface area contributed by atoms with E-state index in [2.05, 4.69) is 21.0 Å². The lowest BCUT2D eigenvalue weighted by Crippen LogP contribution is -1.89. The van der Waals surface area contributed by atoms with Crippen LogP contribution in [0.3, 0.4) is 0 Å². The Labute approximate surface area is 146 Å². The summed E-state index contributed by atoms with van der Waals surface area (Å²) < 4.78 is 5.73. The van der Waals surface area contributed by atoms with Crippen molar-refractivity contribution in [3.05, 3.63) is 60.6 Å². The number of hydrogen-bond donors (Lipinski definition) is 1. The van der Waals surface area contributed by atoms with E-state index >= 15 is 0 Å². The highest BCUT2D eigenvalue weighted by atomic mass is 32.1. The fourth-order valence-electron chi connectivity index (χ4n) is 2.29. The summed E-state index contributed by atoms with van der Waals surface area (Å²) in [4.78, 5) is 13.4. The van der Waals surface area contributed by atoms with Crippen LogP contribution in [0.15, 0.2) is 55.0 Å². The molecule has 4 rings (SSSR count). The first kappa shape index (κ1) is 15.1. The normalized spacial score (nSPS) is 10.5. The molecule has 0 saturated carbocycles. The van der Waals surface area contributed by atoms with E-state index in [4.69, 9.17) is 4.74 Å². The molecule has 0 atom stereocenters. The molecule has 7 heteroatoms. The number of benzene rings is 2. The minimum atomic E-state index is 0.155. The van der Waals surface area contributed by atoms with E-state index in [1.165, 1.54) is 29.8 Å². The summed E-state index contributed by atoms with van der Waals surface area (Å²) in [5.74, 6) is 1.14. The molecule has 0 radical (unpaired) electrons. The highest BCUT2D eigenvalue weighted by Gasteiger charge is 2.11. The second kappa shape index (κ2) is 6.19. The summed E-state index contributed by atoms with van der Waals surface area (Å²) in [6, 6.07) is 13.8. The van der Waals surface area contributed by atoms with Crippen LogP contribution in [0.1, 0.15) is 5.56 Å². The Morgan fingerprint density at radius 3 is 2.72 bits per heavy atom. The van der Waals surface area contributed by atoms with Gasteiger partial charge in [-0.1, -0.05) is 11.3 Å². The summed E-state index contributed by atoms with van der Waals surface area (Å²) in [5.41, 5.74) is 1.94. The molecule has 2 aromatic heterocycles. The third-order valence-electron chi connectivity index (χ3n) is 3.48. The Balaban J connectivity index is 1.69. The van der Waals surface area contributed by atoms with Crippen LogP contribution in [-0.4, -0.2) is 20.1 Å². The SMILES string of the molecule is N#Cc1cc(-c2nc3cncnc3s2)ccc1Oc1ccc(O)cc1. The maximum atomic E-state index is 9.44. The number of aromatic hydroxyl groups is 1. The molecule has 0 spiro atoms. The highest BCUT2D eigenvalue weighted by Crippen LogP contribution is 2.33. The molecule has 0 aliphatic rings. The van der Waals surface area contributed by atoms with Crippen molar-refractivity contribution in [3.8, 4) is 33.9 Å². The zero-order valence-electron chi connectivity index (χ0n) is 12.7. The molecule has 25 heavy (non-hydrogen) atoms. The first-order valence-corrected chi connectivity index (χ1v) is 8.12. The summed E-state index contributed by atoms with van der Waals surface area (Å²) in [6.07, 6.45) is 3.15. The third kappa shape index (κ3) is 2.98. The van der Waals surface area contributed by atoms with Gasteiger partial charge in [0.05, 0.1) is 11.8 Å². The summed E-state index contributed by atoms with van der Waals surface area (Å²) in [7, 11) is 0. The van der Waals surface area contributed by atoms with Gasteiger partial charge >= 0.3 is 0 Å². The number of aromatic nitrogens is 3. The first-order chi connectivity index (χ1) is 12.2. The topological polar surface area (TPSA) is 91.9 Å². The molecule has 0 unspecified atom stereocenters. The van der Waals surface area contributed by atoms with Crippen LogP contribution in [0, 0.1) is 11.3 Å². The number of phenolic OH excluding ortho intramolecular Hbond substituents is 1. The van der Waals surface area contributed by atoms with Crippen molar-refractivity contribution in [3.63, 3.8) is 0 Å². The number of phenols is 1. The number of nitriles is 1. The van der Waals surface area contributed by atoms with Crippen LogP contribution >= 0.6 is 11.3 Å². The molecule has 0 bridgehead atoms.